The summed E-state index contributed by atoms with van der Waals surface area (Å²) in [4.78, 5) is 13.4. The van der Waals surface area contributed by atoms with Crippen molar-refractivity contribution in [2.75, 3.05) is 26.5 Å². The van der Waals surface area contributed by atoms with Crippen LogP contribution in [-0.4, -0.2) is 47.5 Å². The number of para-hydroxylation sites is 2. The fraction of sp³-hybridized carbons (Fsp3) is 0.357. The molecule has 1 N–H and O–H groups in total. The van der Waals surface area contributed by atoms with Crippen molar-refractivity contribution in [3.63, 3.8) is 0 Å². The van der Waals surface area contributed by atoms with Crippen LogP contribution in [0.15, 0.2) is 28.6 Å². The number of thioether (sulfide) groups is 1. The number of anilines is 2. The largest absolute Gasteiger partial charge is 0.495 e. The normalized spacial score (nSPS) is 11.8. The summed E-state index contributed by atoms with van der Waals surface area (Å²) in [7, 11) is 5.11. The summed E-state index contributed by atoms with van der Waals surface area (Å²) in [6, 6.07) is 7.60. The Hall–Kier alpha value is -1.80. The molecule has 6 nitrogen and oxygen atoms in total. The number of nitrogens with one attached hydrogen (secondary N) is 1. The van der Waals surface area contributed by atoms with Crippen molar-refractivity contribution >= 4 is 39.8 Å². The van der Waals surface area contributed by atoms with Crippen molar-refractivity contribution in [2.24, 2.45) is 0 Å². The monoisotopic (exact) mass is 338 g/mol. The predicted octanol–water partition coefficient (Wildman–Crippen LogP) is 2.86. The third-order valence-corrected chi connectivity index (χ3v) is 4.83. The van der Waals surface area contributed by atoms with Gasteiger partial charge in [-0.2, -0.15) is 0 Å². The molecule has 0 radical (unpaired) electrons. The van der Waals surface area contributed by atoms with Crippen molar-refractivity contribution in [3.05, 3.63) is 24.3 Å². The maximum Gasteiger partial charge on any atom is 0.235 e. The van der Waals surface area contributed by atoms with Crippen molar-refractivity contribution in [1.29, 1.82) is 0 Å². The van der Waals surface area contributed by atoms with E-state index in [1.165, 1.54) is 23.1 Å². The molecule has 0 saturated heterocycles. The molecule has 0 aliphatic heterocycles. The number of carbonyl (C=O) groups is 1. The number of carbonyl (C=O) groups excluding carboxylic acids is 1. The molecule has 2 rings (SSSR count). The summed E-state index contributed by atoms with van der Waals surface area (Å²) in [5.74, 6) is 0.794. The molecule has 0 fully saturated rings. The van der Waals surface area contributed by atoms with E-state index in [4.69, 9.17) is 4.74 Å². The van der Waals surface area contributed by atoms with Gasteiger partial charge < -0.3 is 15.0 Å². The Kier molecular flexibility index (Phi) is 5.62. The van der Waals surface area contributed by atoms with E-state index in [-0.39, 0.29) is 11.2 Å². The highest BCUT2D eigenvalue weighted by atomic mass is 32.2. The minimum Gasteiger partial charge on any atom is -0.495 e. The highest BCUT2D eigenvalue weighted by Crippen LogP contribution is 2.33. The molecule has 2 aromatic rings. The van der Waals surface area contributed by atoms with Gasteiger partial charge in [0.25, 0.3) is 0 Å². The van der Waals surface area contributed by atoms with Gasteiger partial charge in [-0.1, -0.05) is 35.2 Å². The van der Waals surface area contributed by atoms with Gasteiger partial charge in [0, 0.05) is 14.1 Å². The number of ether oxygens (including phenoxy) is 1. The summed E-state index contributed by atoms with van der Waals surface area (Å²) in [5.41, 5.74) is 0.829. The number of rotatable bonds is 6. The molecule has 0 unspecified atom stereocenters. The average Bonchev–Trinajstić information content (AvgIpc) is 2.93. The smallest absolute Gasteiger partial charge is 0.235 e. The first-order valence-corrected chi connectivity index (χ1v) is 8.32. The number of hydrogen-bond acceptors (Lipinski definition) is 7. The SMILES string of the molecule is COc1ccccc1Nc1nnc(S[C@@H](C)C(=O)N(C)C)s1. The third-order valence-electron chi connectivity index (χ3n) is 2.82. The second-order valence-electron chi connectivity index (χ2n) is 4.69. The Bertz CT molecular complexity index is 645. The molecule has 0 bridgehead atoms. The van der Waals surface area contributed by atoms with Crippen LogP contribution in [-0.2, 0) is 4.79 Å². The van der Waals surface area contributed by atoms with Gasteiger partial charge in [-0.15, -0.1) is 10.2 Å². The van der Waals surface area contributed by atoms with E-state index < -0.39 is 0 Å². The molecule has 0 aliphatic carbocycles. The Morgan fingerprint density at radius 1 is 1.36 bits per heavy atom. The molecule has 118 valence electrons. The zero-order valence-electron chi connectivity index (χ0n) is 12.9. The van der Waals surface area contributed by atoms with Crippen LogP contribution in [0.3, 0.4) is 0 Å². The van der Waals surface area contributed by atoms with Crippen LogP contribution in [0, 0.1) is 0 Å². The predicted molar refractivity (Wildman–Crippen MR) is 90.2 cm³/mol. The molecule has 8 heteroatoms. The van der Waals surface area contributed by atoms with Crippen molar-refractivity contribution in [3.8, 4) is 5.75 Å². The van der Waals surface area contributed by atoms with Crippen LogP contribution in [0.1, 0.15) is 6.92 Å². The summed E-state index contributed by atoms with van der Waals surface area (Å²) in [6.45, 7) is 1.86. The molecule has 1 aromatic carbocycles. The molecular weight excluding hydrogens is 320 g/mol. The molecule has 1 amide bonds. The maximum atomic E-state index is 11.9. The lowest BCUT2D eigenvalue weighted by Gasteiger charge is -2.14. The fourth-order valence-corrected chi connectivity index (χ4v) is 3.79. The molecule has 1 atom stereocenters. The van der Waals surface area contributed by atoms with Gasteiger partial charge in [-0.25, -0.2) is 0 Å². The molecular formula is C14H18N4O2S2. The number of methoxy groups -OCH3 is 1. The minimum absolute atomic E-state index is 0.0550. The van der Waals surface area contributed by atoms with E-state index in [1.807, 2.05) is 31.2 Å². The maximum absolute atomic E-state index is 11.9. The summed E-state index contributed by atoms with van der Waals surface area (Å²) in [5, 5.41) is 11.9. The van der Waals surface area contributed by atoms with Crippen LogP contribution >= 0.6 is 23.1 Å². The van der Waals surface area contributed by atoms with E-state index in [9.17, 15) is 4.79 Å². The molecule has 0 aliphatic rings. The lowest BCUT2D eigenvalue weighted by Crippen LogP contribution is -2.29. The van der Waals surface area contributed by atoms with E-state index in [2.05, 4.69) is 15.5 Å². The van der Waals surface area contributed by atoms with Crippen LogP contribution in [0.4, 0.5) is 10.8 Å². The van der Waals surface area contributed by atoms with Gasteiger partial charge in [-0.05, 0) is 19.1 Å². The topological polar surface area (TPSA) is 67.3 Å². The Labute approximate surface area is 137 Å². The summed E-state index contributed by atoms with van der Waals surface area (Å²) >= 11 is 2.81. The molecule has 1 heterocycles. The van der Waals surface area contributed by atoms with Crippen molar-refractivity contribution < 1.29 is 9.53 Å². The second-order valence-corrected chi connectivity index (χ2v) is 7.26. The number of nitrogens with zero attached hydrogens (tertiary/aromatic N) is 3. The zero-order valence-corrected chi connectivity index (χ0v) is 14.5. The van der Waals surface area contributed by atoms with E-state index in [0.717, 1.165) is 15.8 Å². The van der Waals surface area contributed by atoms with E-state index in [0.29, 0.717) is 5.13 Å². The van der Waals surface area contributed by atoms with Crippen molar-refractivity contribution in [1.82, 2.24) is 15.1 Å². The Morgan fingerprint density at radius 3 is 2.77 bits per heavy atom. The molecule has 0 saturated carbocycles. The molecule has 22 heavy (non-hydrogen) atoms. The third kappa shape index (κ3) is 4.11. The van der Waals surface area contributed by atoms with Crippen LogP contribution < -0.4 is 10.1 Å². The zero-order chi connectivity index (χ0) is 16.1. The van der Waals surface area contributed by atoms with Crippen LogP contribution in [0.25, 0.3) is 0 Å². The first-order chi connectivity index (χ1) is 10.5. The van der Waals surface area contributed by atoms with Gasteiger partial charge in [-0.3, -0.25) is 4.79 Å². The number of amides is 1. The highest BCUT2D eigenvalue weighted by Gasteiger charge is 2.18. The highest BCUT2D eigenvalue weighted by molar-refractivity contribution is 8.02. The van der Waals surface area contributed by atoms with E-state index in [1.54, 1.807) is 26.1 Å². The molecule has 1 aromatic heterocycles. The summed E-state index contributed by atoms with van der Waals surface area (Å²) < 4.78 is 6.04. The number of benzene rings is 1. The van der Waals surface area contributed by atoms with E-state index >= 15 is 0 Å². The Morgan fingerprint density at radius 2 is 2.09 bits per heavy atom. The second kappa shape index (κ2) is 7.46. The van der Waals surface area contributed by atoms with Gasteiger partial charge in [0.1, 0.15) is 5.75 Å². The van der Waals surface area contributed by atoms with Gasteiger partial charge in [0.2, 0.25) is 11.0 Å². The Balaban J connectivity index is 2.04. The fourth-order valence-electron chi connectivity index (χ4n) is 1.74. The quantitative estimate of drug-likeness (QED) is 0.817. The first kappa shape index (κ1) is 16.6. The lowest BCUT2D eigenvalue weighted by molar-refractivity contribution is -0.127. The lowest BCUT2D eigenvalue weighted by atomic mass is 10.3. The average molecular weight is 338 g/mol. The van der Waals surface area contributed by atoms with Gasteiger partial charge in [0.05, 0.1) is 18.0 Å². The van der Waals surface area contributed by atoms with Crippen LogP contribution in [0.2, 0.25) is 0 Å². The van der Waals surface area contributed by atoms with Gasteiger partial charge >= 0.3 is 0 Å². The standard InChI is InChI=1S/C14H18N4O2S2/c1-9(12(19)18(2)3)21-14-17-16-13(22-14)15-10-7-5-6-8-11(10)20-4/h5-9H,1-4H3,(H,15,16)/t9-/m0/s1. The van der Waals surface area contributed by atoms with Crippen LogP contribution in [0.5, 0.6) is 5.75 Å². The minimum atomic E-state index is -0.193. The van der Waals surface area contributed by atoms with Gasteiger partial charge in [0.15, 0.2) is 4.34 Å². The first-order valence-electron chi connectivity index (χ1n) is 6.62. The summed E-state index contributed by atoms with van der Waals surface area (Å²) in [6.07, 6.45) is 0. The van der Waals surface area contributed by atoms with Crippen molar-refractivity contribution in [2.45, 2.75) is 16.5 Å². The number of hydrogen-bond donors (Lipinski definition) is 1. The number of aromatic nitrogens is 2. The molecule has 0 spiro atoms.